The summed E-state index contributed by atoms with van der Waals surface area (Å²) < 4.78 is 34.9. The Labute approximate surface area is 193 Å². The van der Waals surface area contributed by atoms with Crippen molar-refractivity contribution >= 4 is 21.1 Å². The molecule has 0 amide bonds. The number of nitrogens with one attached hydrogen (secondary N) is 1. The van der Waals surface area contributed by atoms with Gasteiger partial charge >= 0.3 is 0 Å². The molecule has 3 aromatic rings. The molecule has 1 aliphatic rings. The zero-order chi connectivity index (χ0) is 23.6. The van der Waals surface area contributed by atoms with Gasteiger partial charge in [-0.15, -0.1) is 0 Å². The normalized spacial score (nSPS) is 15.8. The molecule has 33 heavy (non-hydrogen) atoms. The fraction of sp³-hybridized carbons (Fsp3) is 0.500. The highest BCUT2D eigenvalue weighted by Gasteiger charge is 2.27. The molecule has 3 heterocycles. The molecule has 10 nitrogen and oxygen atoms in total. The topological polar surface area (TPSA) is 113 Å². The van der Waals surface area contributed by atoms with Gasteiger partial charge in [0, 0.05) is 45.7 Å². The van der Waals surface area contributed by atoms with Gasteiger partial charge in [-0.1, -0.05) is 19.4 Å². The Morgan fingerprint density at radius 1 is 1.12 bits per heavy atom. The monoisotopic (exact) mass is 474 g/mol. The Kier molecular flexibility index (Phi) is 6.82. The lowest BCUT2D eigenvalue weighted by Gasteiger charge is -2.31. The number of aryl methyl sites for hydroxylation is 2. The number of sulfonamides is 1. The third-order valence-corrected chi connectivity index (χ3v) is 7.71. The molecular weight excluding hydrogens is 444 g/mol. The van der Waals surface area contributed by atoms with E-state index in [1.807, 2.05) is 7.05 Å². The fourth-order valence-electron chi connectivity index (χ4n) is 3.98. The van der Waals surface area contributed by atoms with Crippen LogP contribution >= 0.6 is 0 Å². The van der Waals surface area contributed by atoms with Crippen LogP contribution in [0.4, 0.5) is 0 Å². The van der Waals surface area contributed by atoms with Crippen LogP contribution in [-0.4, -0.2) is 77.2 Å². The van der Waals surface area contributed by atoms with Gasteiger partial charge in [0.1, 0.15) is 17.1 Å². The highest BCUT2D eigenvalue weighted by molar-refractivity contribution is 7.89. The molecule has 0 saturated carbocycles. The van der Waals surface area contributed by atoms with Crippen molar-refractivity contribution in [2.24, 2.45) is 7.05 Å². The van der Waals surface area contributed by atoms with Crippen LogP contribution in [0.25, 0.3) is 11.0 Å². The van der Waals surface area contributed by atoms with Crippen molar-refractivity contribution in [3.05, 3.63) is 46.1 Å². The van der Waals surface area contributed by atoms with E-state index in [-0.39, 0.29) is 17.1 Å². The molecule has 11 heteroatoms. The highest BCUT2D eigenvalue weighted by Crippen LogP contribution is 2.22. The van der Waals surface area contributed by atoms with Gasteiger partial charge in [-0.2, -0.15) is 9.40 Å². The first-order valence-electron chi connectivity index (χ1n) is 11.2. The standard InChI is InChI=1S/C22H30N6O4S/c1-4-6-18-20-21(27(3)25-18)22(29)24-19(23-20)9-14-32-16-7-5-8-17(15-16)33(30,31)28-12-10-26(2)11-13-28/h5,7-8,15H,4,6,9-14H2,1-3H3,(H,23,24,29). The van der Waals surface area contributed by atoms with Gasteiger partial charge in [-0.05, 0) is 25.6 Å². The lowest BCUT2D eigenvalue weighted by Crippen LogP contribution is -2.46. The Hall–Kier alpha value is -2.76. The average molecular weight is 475 g/mol. The second-order valence-electron chi connectivity index (χ2n) is 8.31. The summed E-state index contributed by atoms with van der Waals surface area (Å²) in [5.41, 5.74) is 1.67. The van der Waals surface area contributed by atoms with Crippen LogP contribution in [0.3, 0.4) is 0 Å². The van der Waals surface area contributed by atoms with Gasteiger partial charge in [0.2, 0.25) is 10.0 Å². The number of aromatic nitrogens is 4. The van der Waals surface area contributed by atoms with Crippen molar-refractivity contribution in [1.82, 2.24) is 29.0 Å². The number of benzene rings is 1. The third-order valence-electron chi connectivity index (χ3n) is 5.81. The maximum absolute atomic E-state index is 13.0. The van der Waals surface area contributed by atoms with E-state index in [0.717, 1.165) is 18.5 Å². The van der Waals surface area contributed by atoms with Crippen molar-refractivity contribution in [2.45, 2.75) is 31.1 Å². The van der Waals surface area contributed by atoms with Crippen molar-refractivity contribution < 1.29 is 13.2 Å². The number of nitrogens with zero attached hydrogens (tertiary/aromatic N) is 5. The van der Waals surface area contributed by atoms with E-state index in [2.05, 4.69) is 26.9 Å². The number of hydrogen-bond acceptors (Lipinski definition) is 7. The molecule has 0 spiro atoms. The fourth-order valence-corrected chi connectivity index (χ4v) is 5.44. The second kappa shape index (κ2) is 9.62. The molecule has 0 unspecified atom stereocenters. The summed E-state index contributed by atoms with van der Waals surface area (Å²) >= 11 is 0. The molecule has 0 bridgehead atoms. The average Bonchev–Trinajstić information content (AvgIpc) is 3.10. The van der Waals surface area contributed by atoms with Crippen molar-refractivity contribution in [2.75, 3.05) is 39.8 Å². The van der Waals surface area contributed by atoms with Crippen LogP contribution in [-0.2, 0) is 29.9 Å². The van der Waals surface area contributed by atoms with Gasteiger partial charge in [-0.3, -0.25) is 9.48 Å². The number of likely N-dealkylation sites (N-methyl/N-ethyl adjacent to an activating group) is 1. The van der Waals surface area contributed by atoms with Crippen molar-refractivity contribution in [3.8, 4) is 5.75 Å². The first-order valence-corrected chi connectivity index (χ1v) is 12.6. The smallest absolute Gasteiger partial charge is 0.277 e. The lowest BCUT2D eigenvalue weighted by molar-refractivity contribution is 0.222. The third kappa shape index (κ3) is 4.94. The molecule has 0 atom stereocenters. The summed E-state index contributed by atoms with van der Waals surface area (Å²) in [4.78, 5) is 22.3. The van der Waals surface area contributed by atoms with E-state index >= 15 is 0 Å². The predicted molar refractivity (Wildman–Crippen MR) is 125 cm³/mol. The molecule has 178 valence electrons. The zero-order valence-electron chi connectivity index (χ0n) is 19.2. The molecule has 1 fully saturated rings. The van der Waals surface area contributed by atoms with Crippen LogP contribution in [0.5, 0.6) is 5.75 Å². The number of piperazine rings is 1. The number of rotatable bonds is 8. The first-order chi connectivity index (χ1) is 15.8. The first kappa shape index (κ1) is 23.4. The van der Waals surface area contributed by atoms with Crippen LogP contribution in [0.2, 0.25) is 0 Å². The maximum Gasteiger partial charge on any atom is 0.277 e. The van der Waals surface area contributed by atoms with E-state index in [4.69, 9.17) is 4.74 Å². The lowest BCUT2D eigenvalue weighted by atomic mass is 10.2. The molecule has 2 aromatic heterocycles. The van der Waals surface area contributed by atoms with E-state index in [1.54, 1.807) is 36.0 Å². The highest BCUT2D eigenvalue weighted by atomic mass is 32.2. The summed E-state index contributed by atoms with van der Waals surface area (Å²) in [6.07, 6.45) is 2.03. The summed E-state index contributed by atoms with van der Waals surface area (Å²) in [5, 5.41) is 4.42. The Balaban J connectivity index is 1.46. The van der Waals surface area contributed by atoms with Gasteiger partial charge in [-0.25, -0.2) is 13.4 Å². The van der Waals surface area contributed by atoms with E-state index in [1.165, 1.54) is 4.31 Å². The number of hydrogen-bond donors (Lipinski definition) is 1. The maximum atomic E-state index is 13.0. The van der Waals surface area contributed by atoms with Crippen LogP contribution in [0.1, 0.15) is 24.9 Å². The summed E-state index contributed by atoms with van der Waals surface area (Å²) in [7, 11) is 0.158. The van der Waals surface area contributed by atoms with Gasteiger partial charge in [0.05, 0.1) is 17.2 Å². The molecule has 1 saturated heterocycles. The minimum absolute atomic E-state index is 0.220. The SMILES string of the molecule is CCCc1nn(C)c2c(=O)[nH]c(CCOc3cccc(S(=O)(=O)N4CCN(C)CC4)c3)nc12. The van der Waals surface area contributed by atoms with E-state index in [0.29, 0.717) is 55.2 Å². The molecule has 1 N–H and O–H groups in total. The van der Waals surface area contributed by atoms with Crippen LogP contribution in [0.15, 0.2) is 34.0 Å². The summed E-state index contributed by atoms with van der Waals surface area (Å²) in [6, 6.07) is 6.54. The molecule has 1 aromatic carbocycles. The Morgan fingerprint density at radius 3 is 2.61 bits per heavy atom. The van der Waals surface area contributed by atoms with Crippen LogP contribution in [0, 0.1) is 0 Å². The van der Waals surface area contributed by atoms with Gasteiger partial charge < -0.3 is 14.6 Å². The molecule has 0 radical (unpaired) electrons. The van der Waals surface area contributed by atoms with Crippen molar-refractivity contribution in [3.63, 3.8) is 0 Å². The molecule has 0 aliphatic carbocycles. The second-order valence-corrected chi connectivity index (χ2v) is 10.2. The minimum Gasteiger partial charge on any atom is -0.493 e. The largest absolute Gasteiger partial charge is 0.493 e. The zero-order valence-corrected chi connectivity index (χ0v) is 20.1. The Morgan fingerprint density at radius 2 is 1.88 bits per heavy atom. The number of fused-ring (bicyclic) bond motifs is 1. The number of ether oxygens (including phenoxy) is 1. The van der Waals surface area contributed by atoms with Gasteiger partial charge in [0.25, 0.3) is 5.56 Å². The molecule has 1 aliphatic heterocycles. The summed E-state index contributed by atoms with van der Waals surface area (Å²) in [6.45, 7) is 4.67. The Bertz CT molecular complexity index is 1290. The quantitative estimate of drug-likeness (QED) is 0.521. The molecule has 4 rings (SSSR count). The van der Waals surface area contributed by atoms with E-state index < -0.39 is 10.0 Å². The number of H-pyrrole nitrogens is 1. The van der Waals surface area contributed by atoms with Crippen LogP contribution < -0.4 is 10.3 Å². The predicted octanol–water partition coefficient (Wildman–Crippen LogP) is 1.17. The molecular formula is C22H30N6O4S. The minimum atomic E-state index is -3.57. The van der Waals surface area contributed by atoms with Gasteiger partial charge in [0.15, 0.2) is 5.52 Å². The van der Waals surface area contributed by atoms with Crippen molar-refractivity contribution in [1.29, 1.82) is 0 Å². The van der Waals surface area contributed by atoms with E-state index in [9.17, 15) is 13.2 Å². The number of aromatic amines is 1. The summed E-state index contributed by atoms with van der Waals surface area (Å²) in [5.74, 6) is 0.973.